The normalized spacial score (nSPS) is 16.6. The Morgan fingerprint density at radius 1 is 1.21 bits per heavy atom. The van der Waals surface area contributed by atoms with Crippen LogP contribution in [0.3, 0.4) is 0 Å². The van der Waals surface area contributed by atoms with Gasteiger partial charge < -0.3 is 4.74 Å². The monoisotopic (exact) mass is 527 g/mol. The van der Waals surface area contributed by atoms with E-state index >= 15 is 4.39 Å². The molecule has 1 fully saturated rings. The average molecular weight is 528 g/mol. The summed E-state index contributed by atoms with van der Waals surface area (Å²) >= 11 is 0. The first-order chi connectivity index (χ1) is 18.9. The zero-order valence-corrected chi connectivity index (χ0v) is 22.3. The van der Waals surface area contributed by atoms with Crippen molar-refractivity contribution in [2.24, 2.45) is 5.92 Å². The molecule has 9 heteroatoms. The van der Waals surface area contributed by atoms with Crippen LogP contribution in [-0.2, 0) is 22.4 Å². The summed E-state index contributed by atoms with van der Waals surface area (Å²) in [5.41, 5.74) is 3.05. The molecular formula is C30H30FN5O3. The molecular weight excluding hydrogens is 497 g/mol. The number of hydrogen-bond acceptors (Lipinski definition) is 6. The van der Waals surface area contributed by atoms with E-state index in [0.29, 0.717) is 71.0 Å². The highest BCUT2D eigenvalue weighted by molar-refractivity contribution is 5.73. The zero-order valence-electron chi connectivity index (χ0n) is 22.3. The third kappa shape index (κ3) is 4.83. The van der Waals surface area contributed by atoms with Crippen molar-refractivity contribution in [3.63, 3.8) is 0 Å². The number of aryl methyl sites for hydroxylation is 2. The van der Waals surface area contributed by atoms with E-state index < -0.39 is 5.82 Å². The summed E-state index contributed by atoms with van der Waals surface area (Å²) in [6, 6.07) is 13.9. The van der Waals surface area contributed by atoms with E-state index in [4.69, 9.17) is 4.74 Å². The Labute approximate surface area is 225 Å². The molecule has 0 atom stereocenters. The molecule has 200 valence electrons. The number of hydrogen-bond donors (Lipinski definition) is 0. The molecule has 8 nitrogen and oxygen atoms in total. The molecule has 1 aliphatic rings. The van der Waals surface area contributed by atoms with Gasteiger partial charge in [-0.05, 0) is 61.9 Å². The highest BCUT2D eigenvalue weighted by Gasteiger charge is 2.39. The van der Waals surface area contributed by atoms with Gasteiger partial charge in [-0.2, -0.15) is 15.3 Å². The molecule has 0 radical (unpaired) electrons. The molecule has 2 aromatic carbocycles. The molecule has 0 amide bonds. The van der Waals surface area contributed by atoms with Crippen LogP contribution in [-0.4, -0.2) is 31.7 Å². The number of nitriles is 1. The van der Waals surface area contributed by atoms with E-state index in [1.165, 1.54) is 6.07 Å². The van der Waals surface area contributed by atoms with Gasteiger partial charge in [0.15, 0.2) is 0 Å². The van der Waals surface area contributed by atoms with Gasteiger partial charge in [0, 0.05) is 18.0 Å². The van der Waals surface area contributed by atoms with E-state index in [-0.39, 0.29) is 29.9 Å². The molecule has 4 aromatic rings. The number of halogens is 1. The summed E-state index contributed by atoms with van der Waals surface area (Å²) in [7, 11) is 0. The van der Waals surface area contributed by atoms with E-state index in [2.05, 4.69) is 16.2 Å². The Bertz CT molecular complexity index is 1660. The summed E-state index contributed by atoms with van der Waals surface area (Å²) in [4.78, 5) is 30.8. The van der Waals surface area contributed by atoms with Crippen molar-refractivity contribution in [2.75, 3.05) is 6.61 Å². The fourth-order valence-corrected chi connectivity index (χ4v) is 5.36. The van der Waals surface area contributed by atoms with Gasteiger partial charge in [-0.15, -0.1) is 0 Å². The molecule has 2 aromatic heterocycles. The summed E-state index contributed by atoms with van der Waals surface area (Å²) in [6.07, 6.45) is 2.40. The predicted molar refractivity (Wildman–Crippen MR) is 144 cm³/mol. The fraction of sp³-hybridized carbons (Fsp3) is 0.367. The molecule has 1 saturated carbocycles. The fourth-order valence-electron chi connectivity index (χ4n) is 5.36. The third-order valence-electron chi connectivity index (χ3n) is 7.36. The van der Waals surface area contributed by atoms with Gasteiger partial charge in [-0.3, -0.25) is 14.2 Å². The summed E-state index contributed by atoms with van der Waals surface area (Å²) < 4.78 is 24.0. The number of esters is 1. The molecule has 0 N–H and O–H groups in total. The first kappa shape index (κ1) is 26.3. The molecule has 1 aliphatic carbocycles. The minimum atomic E-state index is -0.450. The van der Waals surface area contributed by atoms with E-state index in [0.717, 1.165) is 6.42 Å². The largest absolute Gasteiger partial charge is 0.466 e. The van der Waals surface area contributed by atoms with Crippen LogP contribution in [0, 0.1) is 30.0 Å². The molecule has 0 saturated heterocycles. The Kier molecular flexibility index (Phi) is 7.29. The number of fused-ring (bicyclic) bond motifs is 1. The first-order valence-corrected chi connectivity index (χ1v) is 13.3. The number of carbonyl (C=O) groups excluding carboxylic acids is 1. The van der Waals surface area contributed by atoms with Crippen LogP contribution in [0.15, 0.2) is 47.3 Å². The van der Waals surface area contributed by atoms with Gasteiger partial charge in [0.25, 0.3) is 5.56 Å². The standard InChI is InChI=1S/C30H30FN5O3/c1-4-8-27-25(15-20-12-11-19(16-26(20)31)24-10-7-6-9-21(24)17-32)28(37)35(30-33-18(3)34-36(27)30)23-13-22(14-23)29(38)39-5-2/h6-7,9-12,16,22-23H,4-5,8,13-15H2,1-3H3. The lowest BCUT2D eigenvalue weighted by molar-refractivity contribution is -0.152. The quantitative estimate of drug-likeness (QED) is 0.301. The SMILES string of the molecule is CCCc1c(Cc2ccc(-c3ccccc3C#N)cc2F)c(=O)n(C2CC(C(=O)OCC)C2)c2nc(C)nn12. The van der Waals surface area contributed by atoms with Gasteiger partial charge in [-0.1, -0.05) is 43.7 Å². The van der Waals surface area contributed by atoms with Gasteiger partial charge in [-0.25, -0.2) is 8.91 Å². The number of rotatable bonds is 8. The molecule has 0 unspecified atom stereocenters. The minimum Gasteiger partial charge on any atom is -0.466 e. The third-order valence-corrected chi connectivity index (χ3v) is 7.36. The Hall–Kier alpha value is -4.32. The highest BCUT2D eigenvalue weighted by Crippen LogP contribution is 2.39. The van der Waals surface area contributed by atoms with Crippen molar-refractivity contribution in [2.45, 2.75) is 58.9 Å². The van der Waals surface area contributed by atoms with Crippen LogP contribution >= 0.6 is 0 Å². The van der Waals surface area contributed by atoms with Crippen molar-refractivity contribution in [3.05, 3.63) is 86.8 Å². The lowest BCUT2D eigenvalue weighted by atomic mass is 9.80. The lowest BCUT2D eigenvalue weighted by Crippen LogP contribution is -2.40. The Morgan fingerprint density at radius 3 is 2.67 bits per heavy atom. The van der Waals surface area contributed by atoms with Gasteiger partial charge >= 0.3 is 5.97 Å². The maximum atomic E-state index is 15.5. The second kappa shape index (κ2) is 10.8. The van der Waals surface area contributed by atoms with Crippen molar-refractivity contribution < 1.29 is 13.9 Å². The molecule has 39 heavy (non-hydrogen) atoms. The average Bonchev–Trinajstić information content (AvgIpc) is 3.29. The van der Waals surface area contributed by atoms with Gasteiger partial charge in [0.2, 0.25) is 5.78 Å². The van der Waals surface area contributed by atoms with Crippen molar-refractivity contribution >= 4 is 11.7 Å². The predicted octanol–water partition coefficient (Wildman–Crippen LogP) is 4.93. The molecule has 5 rings (SSSR count). The summed E-state index contributed by atoms with van der Waals surface area (Å²) in [6.45, 7) is 5.88. The van der Waals surface area contributed by atoms with Crippen LogP contribution in [0.4, 0.5) is 4.39 Å². The summed E-state index contributed by atoms with van der Waals surface area (Å²) in [5, 5.41) is 14.0. The molecule has 0 bridgehead atoms. The second-order valence-corrected chi connectivity index (χ2v) is 9.94. The van der Waals surface area contributed by atoms with Crippen molar-refractivity contribution in [3.8, 4) is 17.2 Å². The topological polar surface area (TPSA) is 102 Å². The number of carbonyl (C=O) groups is 1. The van der Waals surface area contributed by atoms with Crippen LogP contribution in [0.5, 0.6) is 0 Å². The number of aromatic nitrogens is 4. The first-order valence-electron chi connectivity index (χ1n) is 13.3. The van der Waals surface area contributed by atoms with E-state index in [9.17, 15) is 14.9 Å². The summed E-state index contributed by atoms with van der Waals surface area (Å²) in [5.74, 6) is 0.0190. The van der Waals surface area contributed by atoms with E-state index in [1.807, 2.05) is 13.0 Å². The Morgan fingerprint density at radius 2 is 1.97 bits per heavy atom. The molecule has 0 aliphatic heterocycles. The van der Waals surface area contributed by atoms with Crippen molar-refractivity contribution in [1.82, 2.24) is 19.2 Å². The maximum absolute atomic E-state index is 15.5. The number of benzene rings is 2. The van der Waals surface area contributed by atoms with Crippen LogP contribution in [0.25, 0.3) is 16.9 Å². The van der Waals surface area contributed by atoms with Gasteiger partial charge in [0.05, 0.1) is 29.9 Å². The highest BCUT2D eigenvalue weighted by atomic mass is 19.1. The second-order valence-electron chi connectivity index (χ2n) is 9.94. The Balaban J connectivity index is 1.57. The van der Waals surface area contributed by atoms with E-state index in [1.54, 1.807) is 53.3 Å². The lowest BCUT2D eigenvalue weighted by Gasteiger charge is -2.35. The maximum Gasteiger partial charge on any atom is 0.309 e. The molecule has 2 heterocycles. The number of nitrogens with zero attached hydrogens (tertiary/aromatic N) is 5. The number of ether oxygens (including phenoxy) is 1. The van der Waals surface area contributed by atoms with Gasteiger partial charge in [0.1, 0.15) is 11.6 Å². The smallest absolute Gasteiger partial charge is 0.309 e. The molecule has 0 spiro atoms. The minimum absolute atomic E-state index is 0.0864. The van der Waals surface area contributed by atoms with Crippen LogP contribution < -0.4 is 5.56 Å². The van der Waals surface area contributed by atoms with Crippen LogP contribution in [0.2, 0.25) is 0 Å². The van der Waals surface area contributed by atoms with Crippen molar-refractivity contribution in [1.29, 1.82) is 5.26 Å². The zero-order chi connectivity index (χ0) is 27.7. The van der Waals surface area contributed by atoms with Crippen LogP contribution in [0.1, 0.15) is 67.4 Å².